The summed E-state index contributed by atoms with van der Waals surface area (Å²) >= 11 is 0. The Labute approximate surface area is 220 Å². The standard InChI is InChI=1S/C36H22N2/c37-22-23-13-15-24(16-14-23)33-21-27(19-25-7-1-4-10-29(25)33)38-35-12-6-5-11-31(35)32-18-17-30-28-9-3-2-8-26(28)20-34(30)36(32)38/h1-19,21H,20H2. The Bertz CT molecular complexity index is 2100. The predicted octanol–water partition coefficient (Wildman–Crippen LogP) is 9.05. The number of nitrogens with zero attached hydrogens (tertiary/aromatic N) is 2. The van der Waals surface area contributed by atoms with Gasteiger partial charge < -0.3 is 4.57 Å². The van der Waals surface area contributed by atoms with Crippen molar-refractivity contribution in [2.45, 2.75) is 6.42 Å². The summed E-state index contributed by atoms with van der Waals surface area (Å²) in [6.07, 6.45) is 0.940. The number of benzene rings is 6. The Morgan fingerprint density at radius 2 is 1.37 bits per heavy atom. The van der Waals surface area contributed by atoms with Crippen LogP contribution in [0.15, 0.2) is 121 Å². The first kappa shape index (κ1) is 21.0. The second-order valence-electron chi connectivity index (χ2n) is 10.1. The van der Waals surface area contributed by atoms with E-state index in [1.165, 1.54) is 60.4 Å². The minimum atomic E-state index is 0.673. The van der Waals surface area contributed by atoms with E-state index in [-0.39, 0.29) is 0 Å². The molecule has 2 nitrogen and oxygen atoms in total. The third kappa shape index (κ3) is 2.94. The highest BCUT2D eigenvalue weighted by molar-refractivity contribution is 6.13. The van der Waals surface area contributed by atoms with E-state index in [1.807, 2.05) is 12.1 Å². The van der Waals surface area contributed by atoms with E-state index in [9.17, 15) is 5.26 Å². The Kier molecular flexibility index (Phi) is 4.39. The second kappa shape index (κ2) is 7.93. The summed E-state index contributed by atoms with van der Waals surface area (Å²) in [5.41, 5.74) is 12.1. The number of fused-ring (bicyclic) bond motifs is 8. The molecule has 176 valence electrons. The molecule has 0 amide bonds. The van der Waals surface area contributed by atoms with Gasteiger partial charge in [0, 0.05) is 22.9 Å². The van der Waals surface area contributed by atoms with E-state index in [4.69, 9.17) is 0 Å². The van der Waals surface area contributed by atoms with Crippen LogP contribution in [-0.4, -0.2) is 4.57 Å². The number of hydrogen-bond acceptors (Lipinski definition) is 1. The van der Waals surface area contributed by atoms with Crippen LogP contribution in [0.4, 0.5) is 0 Å². The minimum Gasteiger partial charge on any atom is -0.309 e. The van der Waals surface area contributed by atoms with E-state index >= 15 is 0 Å². The van der Waals surface area contributed by atoms with Crippen molar-refractivity contribution in [3.05, 3.63) is 138 Å². The number of aromatic nitrogens is 1. The molecule has 7 aromatic rings. The zero-order valence-corrected chi connectivity index (χ0v) is 20.6. The number of para-hydroxylation sites is 1. The second-order valence-corrected chi connectivity index (χ2v) is 10.1. The van der Waals surface area contributed by atoms with Gasteiger partial charge in [-0.05, 0) is 74.5 Å². The van der Waals surface area contributed by atoms with Crippen molar-refractivity contribution in [3.8, 4) is 34.0 Å². The van der Waals surface area contributed by atoms with Crippen LogP contribution in [0.2, 0.25) is 0 Å². The van der Waals surface area contributed by atoms with Crippen LogP contribution >= 0.6 is 0 Å². The monoisotopic (exact) mass is 482 g/mol. The molecule has 0 saturated carbocycles. The molecule has 38 heavy (non-hydrogen) atoms. The summed E-state index contributed by atoms with van der Waals surface area (Å²) in [7, 11) is 0. The third-order valence-corrected chi connectivity index (χ3v) is 8.05. The third-order valence-electron chi connectivity index (χ3n) is 8.05. The van der Waals surface area contributed by atoms with Crippen molar-refractivity contribution >= 4 is 32.6 Å². The molecular formula is C36H22N2. The zero-order chi connectivity index (χ0) is 25.2. The van der Waals surface area contributed by atoms with Gasteiger partial charge >= 0.3 is 0 Å². The van der Waals surface area contributed by atoms with E-state index in [2.05, 4.69) is 120 Å². The summed E-state index contributed by atoms with van der Waals surface area (Å²) in [5.74, 6) is 0. The van der Waals surface area contributed by atoms with Gasteiger partial charge in [-0.2, -0.15) is 5.26 Å². The number of nitriles is 1. The summed E-state index contributed by atoms with van der Waals surface area (Å²) in [4.78, 5) is 0. The van der Waals surface area contributed by atoms with Crippen molar-refractivity contribution in [2.24, 2.45) is 0 Å². The van der Waals surface area contributed by atoms with Gasteiger partial charge in [0.1, 0.15) is 0 Å². The molecule has 0 spiro atoms. The van der Waals surface area contributed by atoms with Crippen LogP contribution in [0.1, 0.15) is 16.7 Å². The fourth-order valence-electron chi connectivity index (χ4n) is 6.34. The molecule has 1 heterocycles. The molecule has 1 aliphatic rings. The normalized spacial score (nSPS) is 12.1. The van der Waals surface area contributed by atoms with Crippen molar-refractivity contribution < 1.29 is 0 Å². The van der Waals surface area contributed by atoms with E-state index in [1.54, 1.807) is 0 Å². The van der Waals surface area contributed by atoms with Crippen LogP contribution in [0.5, 0.6) is 0 Å². The molecule has 0 bridgehead atoms. The van der Waals surface area contributed by atoms with Crippen LogP contribution < -0.4 is 0 Å². The molecule has 6 aromatic carbocycles. The topological polar surface area (TPSA) is 28.7 Å². The fraction of sp³-hybridized carbons (Fsp3) is 0.0278. The summed E-state index contributed by atoms with van der Waals surface area (Å²) < 4.78 is 2.47. The lowest BCUT2D eigenvalue weighted by Gasteiger charge is -2.15. The Morgan fingerprint density at radius 3 is 2.24 bits per heavy atom. The largest absolute Gasteiger partial charge is 0.309 e. The van der Waals surface area contributed by atoms with E-state index in [0.717, 1.165) is 17.7 Å². The minimum absolute atomic E-state index is 0.673. The van der Waals surface area contributed by atoms with Crippen molar-refractivity contribution in [1.82, 2.24) is 4.57 Å². The molecule has 0 atom stereocenters. The first-order valence-corrected chi connectivity index (χ1v) is 13.0. The first-order valence-electron chi connectivity index (χ1n) is 13.0. The highest BCUT2D eigenvalue weighted by Gasteiger charge is 2.24. The molecule has 1 aliphatic carbocycles. The quantitative estimate of drug-likeness (QED) is 0.242. The molecule has 0 unspecified atom stereocenters. The van der Waals surface area contributed by atoms with Crippen LogP contribution in [0.25, 0.3) is 60.5 Å². The molecular weight excluding hydrogens is 460 g/mol. The molecule has 0 radical (unpaired) electrons. The molecule has 0 aliphatic heterocycles. The average Bonchev–Trinajstić information content (AvgIpc) is 3.53. The maximum atomic E-state index is 9.33. The molecule has 0 fully saturated rings. The highest BCUT2D eigenvalue weighted by atomic mass is 15.0. The van der Waals surface area contributed by atoms with Gasteiger partial charge in [-0.1, -0.05) is 91.0 Å². The van der Waals surface area contributed by atoms with Crippen LogP contribution in [0, 0.1) is 11.3 Å². The summed E-state index contributed by atoms with van der Waals surface area (Å²) in [6.45, 7) is 0. The van der Waals surface area contributed by atoms with Gasteiger partial charge in [-0.25, -0.2) is 0 Å². The lowest BCUT2D eigenvalue weighted by atomic mass is 9.96. The van der Waals surface area contributed by atoms with Gasteiger partial charge in [0.25, 0.3) is 0 Å². The maximum absolute atomic E-state index is 9.33. The fourth-order valence-corrected chi connectivity index (χ4v) is 6.34. The van der Waals surface area contributed by atoms with Gasteiger partial charge in [0.05, 0.1) is 22.7 Å². The van der Waals surface area contributed by atoms with Crippen molar-refractivity contribution in [3.63, 3.8) is 0 Å². The predicted molar refractivity (Wildman–Crippen MR) is 157 cm³/mol. The maximum Gasteiger partial charge on any atom is 0.0991 e. The van der Waals surface area contributed by atoms with Gasteiger partial charge in [-0.15, -0.1) is 0 Å². The zero-order valence-electron chi connectivity index (χ0n) is 20.6. The van der Waals surface area contributed by atoms with Gasteiger partial charge in [-0.3, -0.25) is 0 Å². The lowest BCUT2D eigenvalue weighted by Crippen LogP contribution is -1.98. The Balaban J connectivity index is 1.48. The molecule has 2 heteroatoms. The van der Waals surface area contributed by atoms with Crippen molar-refractivity contribution in [2.75, 3.05) is 0 Å². The Hall–Kier alpha value is -5.13. The first-order chi connectivity index (χ1) is 18.8. The van der Waals surface area contributed by atoms with Gasteiger partial charge in [0.15, 0.2) is 0 Å². The Morgan fingerprint density at radius 1 is 0.605 bits per heavy atom. The van der Waals surface area contributed by atoms with Crippen LogP contribution in [-0.2, 0) is 6.42 Å². The summed E-state index contributed by atoms with van der Waals surface area (Å²) in [6, 6.07) is 45.5. The van der Waals surface area contributed by atoms with Crippen molar-refractivity contribution in [1.29, 1.82) is 5.26 Å². The molecule has 8 rings (SSSR count). The van der Waals surface area contributed by atoms with Gasteiger partial charge in [0.2, 0.25) is 0 Å². The van der Waals surface area contributed by atoms with E-state index in [0.29, 0.717) is 5.56 Å². The highest BCUT2D eigenvalue weighted by Crippen LogP contribution is 2.44. The number of rotatable bonds is 2. The molecule has 0 N–H and O–H groups in total. The summed E-state index contributed by atoms with van der Waals surface area (Å²) in [5, 5.41) is 14.3. The smallest absolute Gasteiger partial charge is 0.0991 e. The average molecular weight is 483 g/mol. The van der Waals surface area contributed by atoms with E-state index < -0.39 is 0 Å². The number of hydrogen-bond donors (Lipinski definition) is 0. The van der Waals surface area contributed by atoms with Crippen LogP contribution in [0.3, 0.4) is 0 Å². The molecule has 1 aromatic heterocycles. The molecule has 0 saturated heterocycles. The lowest BCUT2D eigenvalue weighted by molar-refractivity contribution is 1.16. The SMILES string of the molecule is N#Cc1ccc(-c2cc(-n3c4ccccc4c4ccc5c(c43)Cc3ccccc3-5)cc3ccccc23)cc1.